The summed E-state index contributed by atoms with van der Waals surface area (Å²) in [6, 6.07) is 16.1. The fourth-order valence-electron chi connectivity index (χ4n) is 3.60. The number of aryl methyl sites for hydroxylation is 1. The highest BCUT2D eigenvalue weighted by atomic mass is 32.2. The van der Waals surface area contributed by atoms with Crippen molar-refractivity contribution in [1.29, 1.82) is 5.26 Å². The van der Waals surface area contributed by atoms with Gasteiger partial charge in [-0.05, 0) is 38.1 Å². The average molecular weight is 451 g/mol. The van der Waals surface area contributed by atoms with E-state index in [0.717, 1.165) is 11.3 Å². The second kappa shape index (κ2) is 9.71. The predicted molar refractivity (Wildman–Crippen MR) is 124 cm³/mol. The number of sulfonamides is 1. The summed E-state index contributed by atoms with van der Waals surface area (Å²) in [5.74, 6) is -0.280. The average Bonchev–Trinajstić information content (AvgIpc) is 2.79. The summed E-state index contributed by atoms with van der Waals surface area (Å²) in [4.78, 5) is 17.0. The van der Waals surface area contributed by atoms with E-state index in [4.69, 9.17) is 0 Å². The second-order valence-electron chi connectivity index (χ2n) is 7.57. The number of benzene rings is 2. The van der Waals surface area contributed by atoms with Gasteiger partial charge < -0.3 is 9.80 Å². The number of anilines is 1. The van der Waals surface area contributed by atoms with Gasteiger partial charge in [-0.25, -0.2) is 8.42 Å². The first-order valence-electron chi connectivity index (χ1n) is 10.2. The van der Waals surface area contributed by atoms with Crippen molar-refractivity contribution in [3.8, 4) is 6.07 Å². The van der Waals surface area contributed by atoms with Crippen LogP contribution >= 0.6 is 0 Å². The van der Waals surface area contributed by atoms with E-state index in [9.17, 15) is 18.5 Å². The number of amides is 1. The van der Waals surface area contributed by atoms with Crippen molar-refractivity contribution in [3.63, 3.8) is 0 Å². The molecule has 7 nitrogen and oxygen atoms in total. The molecule has 0 aromatic heterocycles. The molecule has 1 fully saturated rings. The van der Waals surface area contributed by atoms with Crippen LogP contribution in [-0.2, 0) is 14.8 Å². The molecule has 2 aromatic rings. The molecule has 0 spiro atoms. The molecule has 0 unspecified atom stereocenters. The number of carbonyl (C=O) groups excluding carboxylic acids is 1. The van der Waals surface area contributed by atoms with E-state index in [1.807, 2.05) is 25.1 Å². The third kappa shape index (κ3) is 5.01. The van der Waals surface area contributed by atoms with Gasteiger partial charge in [0.05, 0.1) is 21.7 Å². The predicted octanol–water partition coefficient (Wildman–Crippen LogP) is 2.95. The largest absolute Gasteiger partial charge is 0.367 e. The first-order valence-corrected chi connectivity index (χ1v) is 11.7. The topological polar surface area (TPSA) is 93.5 Å². The van der Waals surface area contributed by atoms with E-state index in [1.165, 1.54) is 18.2 Å². The molecule has 0 bridgehead atoms. The molecule has 1 aliphatic heterocycles. The first kappa shape index (κ1) is 23.1. The van der Waals surface area contributed by atoms with E-state index in [-0.39, 0.29) is 22.1 Å². The number of nitriles is 1. The van der Waals surface area contributed by atoms with Crippen LogP contribution in [0.4, 0.5) is 5.69 Å². The van der Waals surface area contributed by atoms with Gasteiger partial charge in [0.2, 0.25) is 0 Å². The lowest BCUT2D eigenvalue weighted by Gasteiger charge is -2.36. The zero-order valence-corrected chi connectivity index (χ0v) is 19.0. The Hall–Kier alpha value is -3.57. The van der Waals surface area contributed by atoms with Crippen LogP contribution < -0.4 is 9.62 Å². The Balaban J connectivity index is 1.73. The number of rotatable bonds is 6. The van der Waals surface area contributed by atoms with Gasteiger partial charge in [-0.1, -0.05) is 42.5 Å². The molecule has 166 valence electrons. The lowest BCUT2D eigenvalue weighted by molar-refractivity contribution is -0.127. The third-order valence-corrected chi connectivity index (χ3v) is 6.86. The van der Waals surface area contributed by atoms with Gasteiger partial charge in [0.25, 0.3) is 15.9 Å². The Bertz CT molecular complexity index is 1190. The van der Waals surface area contributed by atoms with Crippen LogP contribution in [0.15, 0.2) is 77.4 Å². The van der Waals surface area contributed by atoms with E-state index in [1.54, 1.807) is 30.0 Å². The van der Waals surface area contributed by atoms with Crippen molar-refractivity contribution in [2.45, 2.75) is 18.7 Å². The van der Waals surface area contributed by atoms with Crippen molar-refractivity contribution < 1.29 is 13.2 Å². The summed E-state index contributed by atoms with van der Waals surface area (Å²) in [5.41, 5.74) is 2.84. The molecule has 32 heavy (non-hydrogen) atoms. The minimum absolute atomic E-state index is 0.128. The maximum Gasteiger partial charge on any atom is 0.261 e. The lowest BCUT2D eigenvalue weighted by Crippen LogP contribution is -2.49. The molecule has 8 heteroatoms. The summed E-state index contributed by atoms with van der Waals surface area (Å²) in [5, 5.41) is 9.33. The quantitative estimate of drug-likeness (QED) is 0.540. The molecule has 1 heterocycles. The summed E-state index contributed by atoms with van der Waals surface area (Å²) in [6.45, 7) is 9.19. The second-order valence-corrected chi connectivity index (χ2v) is 9.25. The molecule has 0 atom stereocenters. The van der Waals surface area contributed by atoms with Crippen molar-refractivity contribution in [2.75, 3.05) is 31.1 Å². The summed E-state index contributed by atoms with van der Waals surface area (Å²) >= 11 is 0. The van der Waals surface area contributed by atoms with Gasteiger partial charge in [-0.15, -0.1) is 0 Å². The number of hydrogen-bond donors (Lipinski definition) is 1. The maximum absolute atomic E-state index is 13.1. The lowest BCUT2D eigenvalue weighted by atomic mass is 10.1. The first-order chi connectivity index (χ1) is 15.3. The molecule has 0 aliphatic carbocycles. The van der Waals surface area contributed by atoms with Crippen molar-refractivity contribution in [1.82, 2.24) is 9.62 Å². The molecule has 3 rings (SSSR count). The van der Waals surface area contributed by atoms with Crippen LogP contribution in [0.2, 0.25) is 0 Å². The molecule has 0 radical (unpaired) electrons. The molecule has 1 amide bonds. The van der Waals surface area contributed by atoms with Crippen LogP contribution in [0.3, 0.4) is 0 Å². The number of piperazine rings is 1. The van der Waals surface area contributed by atoms with Gasteiger partial charge in [0, 0.05) is 31.9 Å². The number of nitrogens with zero attached hydrogens (tertiary/aromatic N) is 3. The molecule has 0 saturated carbocycles. The van der Waals surface area contributed by atoms with Crippen LogP contribution in [0.5, 0.6) is 0 Å². The van der Waals surface area contributed by atoms with Gasteiger partial charge in [-0.3, -0.25) is 9.52 Å². The SMILES string of the molecule is C=C/C(C(=O)N1CCN(c2ccccc2C#N)CC1)=C(\C)NS(=O)(=O)c1ccc(C)cc1. The Labute approximate surface area is 189 Å². The van der Waals surface area contributed by atoms with Crippen LogP contribution in [0, 0.1) is 18.3 Å². The van der Waals surface area contributed by atoms with Gasteiger partial charge >= 0.3 is 0 Å². The Morgan fingerprint density at radius 3 is 2.31 bits per heavy atom. The molecule has 1 saturated heterocycles. The molecular weight excluding hydrogens is 424 g/mol. The van der Waals surface area contributed by atoms with Crippen LogP contribution in [0.1, 0.15) is 18.1 Å². The molecule has 2 aromatic carbocycles. The summed E-state index contributed by atoms with van der Waals surface area (Å²) < 4.78 is 27.9. The van der Waals surface area contributed by atoms with Crippen LogP contribution in [-0.4, -0.2) is 45.4 Å². The highest BCUT2D eigenvalue weighted by Crippen LogP contribution is 2.22. The van der Waals surface area contributed by atoms with E-state index < -0.39 is 10.0 Å². The Morgan fingerprint density at radius 1 is 1.09 bits per heavy atom. The van der Waals surface area contributed by atoms with Gasteiger partial charge in [0.1, 0.15) is 6.07 Å². The number of para-hydroxylation sites is 1. The van der Waals surface area contributed by atoms with E-state index >= 15 is 0 Å². The number of nitrogens with one attached hydrogen (secondary N) is 1. The fraction of sp³-hybridized carbons (Fsp3) is 0.250. The highest BCUT2D eigenvalue weighted by molar-refractivity contribution is 7.89. The van der Waals surface area contributed by atoms with Crippen LogP contribution in [0.25, 0.3) is 0 Å². The van der Waals surface area contributed by atoms with Crippen molar-refractivity contribution >= 4 is 21.6 Å². The Kier molecular flexibility index (Phi) is 7.01. The zero-order chi connectivity index (χ0) is 23.3. The standard InChI is InChI=1S/C24H26N4O3S/c1-4-22(19(3)26-32(30,31)21-11-9-18(2)10-12-21)24(29)28-15-13-27(14-16-28)23-8-6-5-7-20(23)17-25/h4-12,26H,1,13-16H2,2-3H3/b22-19-. The normalized spacial score (nSPS) is 14.9. The highest BCUT2D eigenvalue weighted by Gasteiger charge is 2.26. The van der Waals surface area contributed by atoms with Crippen molar-refractivity contribution in [3.05, 3.63) is 83.6 Å². The third-order valence-electron chi connectivity index (χ3n) is 5.39. The number of allylic oxidation sites excluding steroid dienone is 1. The monoisotopic (exact) mass is 450 g/mol. The zero-order valence-electron chi connectivity index (χ0n) is 18.2. The minimum Gasteiger partial charge on any atom is -0.367 e. The Morgan fingerprint density at radius 2 is 1.72 bits per heavy atom. The summed E-state index contributed by atoms with van der Waals surface area (Å²) in [6.07, 6.45) is 1.38. The van der Waals surface area contributed by atoms with E-state index in [2.05, 4.69) is 22.3 Å². The van der Waals surface area contributed by atoms with Gasteiger partial charge in [-0.2, -0.15) is 5.26 Å². The number of hydrogen-bond acceptors (Lipinski definition) is 5. The molecular formula is C24H26N4O3S. The summed E-state index contributed by atoms with van der Waals surface area (Å²) in [7, 11) is -3.81. The molecule has 1 aliphatic rings. The van der Waals surface area contributed by atoms with Crippen molar-refractivity contribution in [2.24, 2.45) is 0 Å². The minimum atomic E-state index is -3.81. The smallest absolute Gasteiger partial charge is 0.261 e. The molecule has 1 N–H and O–H groups in total. The fourth-order valence-corrected chi connectivity index (χ4v) is 4.72. The van der Waals surface area contributed by atoms with Gasteiger partial charge in [0.15, 0.2) is 0 Å². The number of carbonyl (C=O) groups is 1. The maximum atomic E-state index is 13.1. The van der Waals surface area contributed by atoms with E-state index in [0.29, 0.717) is 31.7 Å².